The molecule has 0 fully saturated rings. The van der Waals surface area contributed by atoms with Crippen molar-refractivity contribution in [3.63, 3.8) is 0 Å². The van der Waals surface area contributed by atoms with E-state index >= 15 is 0 Å². The number of hydrogen-bond donors (Lipinski definition) is 1. The van der Waals surface area contributed by atoms with Crippen LogP contribution in [0.1, 0.15) is 23.8 Å². The van der Waals surface area contributed by atoms with Gasteiger partial charge in [0.2, 0.25) is 0 Å². The highest BCUT2D eigenvalue weighted by atomic mass is 32.1. The standard InChI is InChI=1S/C19H23N3O2S/c1-4-5-15-12-16-17(21-19(24-3)22-18(16)25-15)20-11-10-13-6-8-14(23-2)9-7-13/h6-9,12H,4-5,10-11H2,1-3H3,(H,20,21,22). The SMILES string of the molecule is CCCc1cc2c(NCCc3ccc(OC)cc3)nc(OC)nc2s1. The Morgan fingerprint density at radius 2 is 1.84 bits per heavy atom. The van der Waals surface area contributed by atoms with Crippen LogP contribution in [0.25, 0.3) is 10.2 Å². The topological polar surface area (TPSA) is 56.3 Å². The summed E-state index contributed by atoms with van der Waals surface area (Å²) >= 11 is 1.71. The Hall–Kier alpha value is -2.34. The number of ether oxygens (including phenoxy) is 2. The number of benzene rings is 1. The molecule has 0 saturated carbocycles. The number of fused-ring (bicyclic) bond motifs is 1. The smallest absolute Gasteiger partial charge is 0.319 e. The van der Waals surface area contributed by atoms with Gasteiger partial charge in [0.25, 0.3) is 0 Å². The molecule has 0 aliphatic carbocycles. The average Bonchev–Trinajstić information content (AvgIpc) is 3.05. The number of aryl methyl sites for hydroxylation is 1. The monoisotopic (exact) mass is 357 g/mol. The fourth-order valence-electron chi connectivity index (χ4n) is 2.66. The number of methoxy groups -OCH3 is 2. The molecule has 0 radical (unpaired) electrons. The zero-order chi connectivity index (χ0) is 17.6. The Kier molecular flexibility index (Phi) is 5.71. The number of thiophene rings is 1. The van der Waals surface area contributed by atoms with Crippen molar-refractivity contribution in [2.75, 3.05) is 26.1 Å². The highest BCUT2D eigenvalue weighted by molar-refractivity contribution is 7.18. The number of hydrogen-bond acceptors (Lipinski definition) is 6. The molecule has 25 heavy (non-hydrogen) atoms. The first-order valence-electron chi connectivity index (χ1n) is 8.44. The maximum absolute atomic E-state index is 5.25. The number of aromatic nitrogens is 2. The van der Waals surface area contributed by atoms with Crippen molar-refractivity contribution in [3.8, 4) is 11.8 Å². The molecule has 0 amide bonds. The second kappa shape index (κ2) is 8.16. The Morgan fingerprint density at radius 1 is 1.04 bits per heavy atom. The predicted octanol–water partition coefficient (Wildman–Crippen LogP) is 4.32. The van der Waals surface area contributed by atoms with Crippen LogP contribution in [-0.4, -0.2) is 30.7 Å². The Morgan fingerprint density at radius 3 is 2.52 bits per heavy atom. The second-order valence-electron chi connectivity index (χ2n) is 5.77. The van der Waals surface area contributed by atoms with Crippen LogP contribution >= 0.6 is 11.3 Å². The molecular formula is C19H23N3O2S. The van der Waals surface area contributed by atoms with Crippen molar-refractivity contribution in [1.29, 1.82) is 0 Å². The van der Waals surface area contributed by atoms with E-state index in [1.807, 2.05) is 12.1 Å². The van der Waals surface area contributed by atoms with Gasteiger partial charge in [0.15, 0.2) is 0 Å². The van der Waals surface area contributed by atoms with Gasteiger partial charge in [0.1, 0.15) is 16.4 Å². The minimum absolute atomic E-state index is 0.407. The maximum Gasteiger partial charge on any atom is 0.319 e. The molecule has 0 spiro atoms. The van der Waals surface area contributed by atoms with Crippen LogP contribution in [0.3, 0.4) is 0 Å². The van der Waals surface area contributed by atoms with Crippen molar-refractivity contribution in [2.24, 2.45) is 0 Å². The molecule has 0 bridgehead atoms. The van der Waals surface area contributed by atoms with Crippen LogP contribution in [0, 0.1) is 0 Å². The first kappa shape index (κ1) is 17.5. The van der Waals surface area contributed by atoms with Crippen molar-refractivity contribution in [1.82, 2.24) is 9.97 Å². The third-order valence-corrected chi connectivity index (χ3v) is 5.06. The third kappa shape index (κ3) is 4.20. The lowest BCUT2D eigenvalue weighted by molar-refractivity contribution is 0.382. The van der Waals surface area contributed by atoms with E-state index in [0.717, 1.165) is 47.6 Å². The van der Waals surface area contributed by atoms with E-state index in [4.69, 9.17) is 9.47 Å². The molecule has 132 valence electrons. The van der Waals surface area contributed by atoms with E-state index in [2.05, 4.69) is 40.4 Å². The first-order valence-corrected chi connectivity index (χ1v) is 9.26. The molecule has 3 aromatic rings. The van der Waals surface area contributed by atoms with Gasteiger partial charge in [0, 0.05) is 11.4 Å². The fourth-order valence-corrected chi connectivity index (χ4v) is 3.79. The van der Waals surface area contributed by atoms with Crippen LogP contribution in [0.5, 0.6) is 11.8 Å². The third-order valence-electron chi connectivity index (χ3n) is 3.97. The predicted molar refractivity (Wildman–Crippen MR) is 103 cm³/mol. The molecule has 2 heterocycles. The van der Waals surface area contributed by atoms with Crippen molar-refractivity contribution < 1.29 is 9.47 Å². The quantitative estimate of drug-likeness (QED) is 0.651. The van der Waals surface area contributed by atoms with Crippen LogP contribution in [-0.2, 0) is 12.8 Å². The molecule has 0 aliphatic rings. The summed E-state index contributed by atoms with van der Waals surface area (Å²) in [6.45, 7) is 2.98. The summed E-state index contributed by atoms with van der Waals surface area (Å²) in [7, 11) is 3.28. The highest BCUT2D eigenvalue weighted by Crippen LogP contribution is 2.31. The van der Waals surface area contributed by atoms with Crippen LogP contribution in [0.15, 0.2) is 30.3 Å². The van der Waals surface area contributed by atoms with Crippen LogP contribution in [0.4, 0.5) is 5.82 Å². The summed E-state index contributed by atoms with van der Waals surface area (Å²) in [6, 6.07) is 10.7. The summed E-state index contributed by atoms with van der Waals surface area (Å²) in [5.74, 6) is 1.72. The molecule has 1 N–H and O–H groups in total. The van der Waals surface area contributed by atoms with Gasteiger partial charge < -0.3 is 14.8 Å². The number of nitrogens with zero attached hydrogens (tertiary/aromatic N) is 2. The lowest BCUT2D eigenvalue weighted by atomic mass is 10.1. The minimum Gasteiger partial charge on any atom is -0.497 e. The zero-order valence-corrected chi connectivity index (χ0v) is 15.7. The lowest BCUT2D eigenvalue weighted by Gasteiger charge is -2.08. The molecule has 0 aliphatic heterocycles. The number of rotatable bonds is 8. The zero-order valence-electron chi connectivity index (χ0n) is 14.8. The Bertz CT molecular complexity index is 831. The van der Waals surface area contributed by atoms with Crippen LogP contribution < -0.4 is 14.8 Å². The van der Waals surface area contributed by atoms with Gasteiger partial charge in [-0.3, -0.25) is 0 Å². The molecule has 0 saturated heterocycles. The normalized spacial score (nSPS) is 10.8. The van der Waals surface area contributed by atoms with Gasteiger partial charge >= 0.3 is 6.01 Å². The van der Waals surface area contributed by atoms with E-state index in [1.165, 1.54) is 10.4 Å². The van der Waals surface area contributed by atoms with Crippen LogP contribution in [0.2, 0.25) is 0 Å². The highest BCUT2D eigenvalue weighted by Gasteiger charge is 2.12. The van der Waals surface area contributed by atoms with Gasteiger partial charge in [-0.15, -0.1) is 11.3 Å². The van der Waals surface area contributed by atoms with Gasteiger partial charge in [-0.1, -0.05) is 25.5 Å². The van der Waals surface area contributed by atoms with E-state index in [0.29, 0.717) is 6.01 Å². The molecule has 2 aromatic heterocycles. The van der Waals surface area contributed by atoms with E-state index in [9.17, 15) is 0 Å². The summed E-state index contributed by atoms with van der Waals surface area (Å²) in [5.41, 5.74) is 1.25. The summed E-state index contributed by atoms with van der Waals surface area (Å²) in [6.07, 6.45) is 3.09. The first-order chi connectivity index (χ1) is 12.2. The molecule has 6 heteroatoms. The van der Waals surface area contributed by atoms with Crippen molar-refractivity contribution >= 4 is 27.4 Å². The molecular weight excluding hydrogens is 334 g/mol. The molecule has 5 nitrogen and oxygen atoms in total. The van der Waals surface area contributed by atoms with Gasteiger partial charge in [-0.2, -0.15) is 9.97 Å². The maximum atomic E-state index is 5.25. The van der Waals surface area contributed by atoms with Crippen molar-refractivity contribution in [2.45, 2.75) is 26.2 Å². The van der Waals surface area contributed by atoms with Gasteiger partial charge in [0.05, 0.1) is 19.6 Å². The number of nitrogens with one attached hydrogen (secondary N) is 1. The van der Waals surface area contributed by atoms with E-state index in [1.54, 1.807) is 25.6 Å². The largest absolute Gasteiger partial charge is 0.497 e. The molecule has 3 rings (SSSR count). The van der Waals surface area contributed by atoms with Gasteiger partial charge in [-0.25, -0.2) is 0 Å². The molecule has 0 unspecified atom stereocenters. The molecule has 1 aromatic carbocycles. The fraction of sp³-hybridized carbons (Fsp3) is 0.368. The summed E-state index contributed by atoms with van der Waals surface area (Å²) in [5, 5.41) is 4.51. The van der Waals surface area contributed by atoms with E-state index in [-0.39, 0.29) is 0 Å². The number of anilines is 1. The summed E-state index contributed by atoms with van der Waals surface area (Å²) < 4.78 is 10.4. The average molecular weight is 357 g/mol. The summed E-state index contributed by atoms with van der Waals surface area (Å²) in [4.78, 5) is 11.3. The molecule has 0 atom stereocenters. The second-order valence-corrected chi connectivity index (χ2v) is 6.88. The minimum atomic E-state index is 0.407. The van der Waals surface area contributed by atoms with Gasteiger partial charge in [-0.05, 0) is 36.6 Å². The van der Waals surface area contributed by atoms with E-state index < -0.39 is 0 Å². The lowest BCUT2D eigenvalue weighted by Crippen LogP contribution is -2.07. The Balaban J connectivity index is 1.74. The Labute approximate surface area is 152 Å². The van der Waals surface area contributed by atoms with Crippen molar-refractivity contribution in [3.05, 3.63) is 40.8 Å².